The van der Waals surface area contributed by atoms with Gasteiger partial charge in [0.1, 0.15) is 0 Å². The van der Waals surface area contributed by atoms with E-state index in [4.69, 9.17) is 23.2 Å². The number of hydrogen-bond donors (Lipinski definition) is 3. The van der Waals surface area contributed by atoms with E-state index in [1.54, 1.807) is 72.8 Å². The summed E-state index contributed by atoms with van der Waals surface area (Å²) in [7, 11) is 0. The Kier molecular flexibility index (Phi) is 8.07. The van der Waals surface area contributed by atoms with Crippen LogP contribution in [-0.2, 0) is 0 Å². The molecule has 0 saturated carbocycles. The third-order valence-electron chi connectivity index (χ3n) is 4.43. The summed E-state index contributed by atoms with van der Waals surface area (Å²) in [6.45, 7) is 3.99. The van der Waals surface area contributed by atoms with Gasteiger partial charge in [-0.1, -0.05) is 41.4 Å². The Labute approximate surface area is 201 Å². The van der Waals surface area contributed by atoms with Crippen LogP contribution in [0.4, 0.5) is 26.7 Å². The van der Waals surface area contributed by atoms with Crippen molar-refractivity contribution in [1.29, 1.82) is 0 Å². The van der Waals surface area contributed by atoms with Gasteiger partial charge in [-0.15, -0.1) is 6.58 Å². The molecular weight excluding hydrogens is 463 g/mol. The monoisotopic (exact) mass is 482 g/mol. The highest BCUT2D eigenvalue weighted by Gasteiger charge is 2.15. The second-order valence-corrected chi connectivity index (χ2v) is 7.61. The first-order valence-electron chi connectivity index (χ1n) is 9.79. The summed E-state index contributed by atoms with van der Waals surface area (Å²) in [5.74, 6) is -0.619. The van der Waals surface area contributed by atoms with Gasteiger partial charge in [-0.2, -0.15) is 0 Å². The molecule has 5 amide bonds. The lowest BCUT2D eigenvalue weighted by atomic mass is 10.2. The molecule has 0 atom stereocenters. The summed E-state index contributed by atoms with van der Waals surface area (Å²) >= 11 is 11.9. The summed E-state index contributed by atoms with van der Waals surface area (Å²) in [5.41, 5.74) is 1.80. The van der Waals surface area contributed by atoms with Crippen molar-refractivity contribution in [2.75, 3.05) is 22.1 Å². The topological polar surface area (TPSA) is 90.5 Å². The quantitative estimate of drug-likeness (QED) is 0.366. The van der Waals surface area contributed by atoms with Crippen LogP contribution in [0.15, 0.2) is 85.5 Å². The maximum Gasteiger partial charge on any atom is 0.326 e. The zero-order valence-electron chi connectivity index (χ0n) is 17.3. The van der Waals surface area contributed by atoms with E-state index in [1.165, 1.54) is 11.0 Å². The Hall–Kier alpha value is -3.81. The van der Waals surface area contributed by atoms with Crippen LogP contribution in [0.5, 0.6) is 0 Å². The standard InChI is InChI=1S/C24H20Cl2N4O3/c1-2-15-30(19-13-7-16(25)8-14-19)24(33)28-18-11-9-17(10-12-18)27-23(32)29-22(31)20-5-3-4-6-21(20)26/h2-14H,1,15H2,(H,28,33)(H2,27,29,31,32). The lowest BCUT2D eigenvalue weighted by molar-refractivity contribution is 0.0967. The summed E-state index contributed by atoms with van der Waals surface area (Å²) in [4.78, 5) is 38.5. The molecule has 0 saturated heterocycles. The Morgan fingerprint density at radius 1 is 0.848 bits per heavy atom. The van der Waals surface area contributed by atoms with Crippen LogP contribution in [0.3, 0.4) is 0 Å². The van der Waals surface area contributed by atoms with Crippen molar-refractivity contribution in [3.05, 3.63) is 101 Å². The molecule has 0 aliphatic carbocycles. The van der Waals surface area contributed by atoms with Crippen LogP contribution < -0.4 is 20.9 Å². The van der Waals surface area contributed by atoms with Crippen LogP contribution in [0.1, 0.15) is 10.4 Å². The zero-order valence-corrected chi connectivity index (χ0v) is 18.9. The molecule has 0 unspecified atom stereocenters. The number of urea groups is 2. The number of rotatable bonds is 6. The van der Waals surface area contributed by atoms with E-state index in [0.29, 0.717) is 28.6 Å². The Balaban J connectivity index is 1.60. The predicted octanol–water partition coefficient (Wildman–Crippen LogP) is 6.18. The Bertz CT molecular complexity index is 1170. The van der Waals surface area contributed by atoms with Crippen molar-refractivity contribution < 1.29 is 14.4 Å². The summed E-state index contributed by atoms with van der Waals surface area (Å²) in [5, 5.41) is 8.37. The molecule has 3 N–H and O–H groups in total. The van der Waals surface area contributed by atoms with Gasteiger partial charge in [0.05, 0.1) is 10.6 Å². The van der Waals surface area contributed by atoms with Gasteiger partial charge in [-0.3, -0.25) is 15.0 Å². The van der Waals surface area contributed by atoms with Crippen LogP contribution in [0.2, 0.25) is 10.0 Å². The van der Waals surface area contributed by atoms with E-state index in [1.807, 2.05) is 0 Å². The number of nitrogens with zero attached hydrogens (tertiary/aromatic N) is 1. The van der Waals surface area contributed by atoms with Gasteiger partial charge in [-0.25, -0.2) is 9.59 Å². The van der Waals surface area contributed by atoms with Crippen LogP contribution in [0.25, 0.3) is 0 Å². The highest BCUT2D eigenvalue weighted by molar-refractivity contribution is 6.34. The number of carbonyl (C=O) groups excluding carboxylic acids is 3. The molecule has 0 bridgehead atoms. The molecule has 0 aromatic heterocycles. The lowest BCUT2D eigenvalue weighted by Gasteiger charge is -2.22. The van der Waals surface area contributed by atoms with Crippen molar-refractivity contribution >= 4 is 58.2 Å². The van der Waals surface area contributed by atoms with Crippen molar-refractivity contribution in [2.45, 2.75) is 0 Å². The number of benzene rings is 3. The maximum atomic E-state index is 12.7. The van der Waals surface area contributed by atoms with E-state index >= 15 is 0 Å². The average Bonchev–Trinajstić information content (AvgIpc) is 2.79. The summed E-state index contributed by atoms with van der Waals surface area (Å²) in [6, 6.07) is 18.6. The molecule has 0 spiro atoms. The fourth-order valence-corrected chi connectivity index (χ4v) is 3.21. The SMILES string of the molecule is C=CCN(C(=O)Nc1ccc(NC(=O)NC(=O)c2ccccc2Cl)cc1)c1ccc(Cl)cc1. The second-order valence-electron chi connectivity index (χ2n) is 6.77. The van der Waals surface area contributed by atoms with Crippen molar-refractivity contribution in [1.82, 2.24) is 5.32 Å². The molecule has 3 aromatic carbocycles. The van der Waals surface area contributed by atoms with Crippen LogP contribution >= 0.6 is 23.2 Å². The molecule has 0 aliphatic rings. The third-order valence-corrected chi connectivity index (χ3v) is 5.02. The first-order chi connectivity index (χ1) is 15.9. The molecule has 3 rings (SSSR count). The molecule has 7 nitrogen and oxygen atoms in total. The largest absolute Gasteiger partial charge is 0.326 e. The second kappa shape index (κ2) is 11.2. The van der Waals surface area contributed by atoms with Gasteiger partial charge in [0.2, 0.25) is 0 Å². The minimum Gasteiger partial charge on any atom is -0.308 e. The minimum atomic E-state index is -0.711. The first kappa shape index (κ1) is 23.8. The predicted molar refractivity (Wildman–Crippen MR) is 132 cm³/mol. The van der Waals surface area contributed by atoms with Gasteiger partial charge in [0, 0.05) is 28.6 Å². The number of imide groups is 1. The van der Waals surface area contributed by atoms with Gasteiger partial charge < -0.3 is 10.6 Å². The summed E-state index contributed by atoms with van der Waals surface area (Å²) < 4.78 is 0. The minimum absolute atomic E-state index is 0.192. The van der Waals surface area contributed by atoms with Crippen LogP contribution in [0, 0.1) is 0 Å². The first-order valence-corrected chi connectivity index (χ1v) is 10.5. The molecule has 0 heterocycles. The van der Waals surface area contributed by atoms with Crippen molar-refractivity contribution in [2.24, 2.45) is 0 Å². The molecule has 0 fully saturated rings. The fraction of sp³-hybridized carbons (Fsp3) is 0.0417. The van der Waals surface area contributed by atoms with E-state index in [0.717, 1.165) is 0 Å². The number of anilines is 3. The van der Waals surface area contributed by atoms with E-state index in [9.17, 15) is 14.4 Å². The Morgan fingerprint density at radius 2 is 1.45 bits per heavy atom. The smallest absolute Gasteiger partial charge is 0.308 e. The van der Waals surface area contributed by atoms with Gasteiger partial charge >= 0.3 is 12.1 Å². The third kappa shape index (κ3) is 6.58. The van der Waals surface area contributed by atoms with Crippen LogP contribution in [-0.4, -0.2) is 24.5 Å². The van der Waals surface area contributed by atoms with Gasteiger partial charge in [-0.05, 0) is 60.7 Å². The van der Waals surface area contributed by atoms with E-state index in [-0.39, 0.29) is 16.6 Å². The number of amides is 5. The van der Waals surface area contributed by atoms with Crippen molar-refractivity contribution in [3.63, 3.8) is 0 Å². The van der Waals surface area contributed by atoms with E-state index < -0.39 is 11.9 Å². The molecular formula is C24H20Cl2N4O3. The molecule has 0 radical (unpaired) electrons. The number of hydrogen-bond acceptors (Lipinski definition) is 3. The van der Waals surface area contributed by atoms with Crippen molar-refractivity contribution in [3.8, 4) is 0 Å². The molecule has 0 aliphatic heterocycles. The number of nitrogens with one attached hydrogen (secondary N) is 3. The lowest BCUT2D eigenvalue weighted by Crippen LogP contribution is -2.35. The van der Waals surface area contributed by atoms with Gasteiger partial charge in [0.25, 0.3) is 5.91 Å². The molecule has 33 heavy (non-hydrogen) atoms. The number of halogens is 2. The maximum absolute atomic E-state index is 12.7. The average molecular weight is 483 g/mol. The zero-order chi connectivity index (χ0) is 23.8. The molecule has 168 valence electrons. The normalized spacial score (nSPS) is 10.1. The molecule has 3 aromatic rings. The molecule has 9 heteroatoms. The Morgan fingerprint density at radius 3 is 2.06 bits per heavy atom. The summed E-state index contributed by atoms with van der Waals surface area (Å²) in [6.07, 6.45) is 1.61. The highest BCUT2D eigenvalue weighted by atomic mass is 35.5. The van der Waals surface area contributed by atoms with Gasteiger partial charge in [0.15, 0.2) is 0 Å². The van der Waals surface area contributed by atoms with E-state index in [2.05, 4.69) is 22.5 Å². The number of carbonyl (C=O) groups is 3. The highest BCUT2D eigenvalue weighted by Crippen LogP contribution is 2.20. The fourth-order valence-electron chi connectivity index (χ4n) is 2.86.